The quantitative estimate of drug-likeness (QED) is 0.426. The Labute approximate surface area is 178 Å². The molecule has 4 heteroatoms. The van der Waals surface area contributed by atoms with Gasteiger partial charge in [-0.2, -0.15) is 0 Å². The molecule has 0 aliphatic carbocycles. The van der Waals surface area contributed by atoms with E-state index in [1.807, 2.05) is 29.2 Å². The third-order valence-corrected chi connectivity index (χ3v) is 6.33. The van der Waals surface area contributed by atoms with Crippen molar-refractivity contribution in [3.8, 4) is 0 Å². The van der Waals surface area contributed by atoms with Gasteiger partial charge in [-0.15, -0.1) is 11.8 Å². The van der Waals surface area contributed by atoms with Gasteiger partial charge in [-0.1, -0.05) is 62.4 Å². The average Bonchev–Trinajstić information content (AvgIpc) is 3.17. The number of carbonyl (C=O) groups is 1. The van der Waals surface area contributed by atoms with E-state index in [9.17, 15) is 4.79 Å². The molecule has 3 rings (SSSR count). The second kappa shape index (κ2) is 10.4. The van der Waals surface area contributed by atoms with Gasteiger partial charge >= 0.3 is 0 Å². The lowest BCUT2D eigenvalue weighted by molar-refractivity contribution is -0.132. The summed E-state index contributed by atoms with van der Waals surface area (Å²) >= 11 is 1.61. The first-order valence-corrected chi connectivity index (χ1v) is 11.2. The summed E-state index contributed by atoms with van der Waals surface area (Å²) in [6, 6.07) is 25.0. The van der Waals surface area contributed by atoms with E-state index in [1.165, 1.54) is 11.3 Å². The average molecular weight is 407 g/mol. The Hall–Kier alpha value is -2.46. The molecular weight excluding hydrogens is 376 g/mol. The molecule has 1 aromatic heterocycles. The fourth-order valence-corrected chi connectivity index (χ4v) is 4.07. The van der Waals surface area contributed by atoms with Crippen molar-refractivity contribution in [2.24, 2.45) is 5.92 Å². The second-order valence-corrected chi connectivity index (χ2v) is 8.77. The van der Waals surface area contributed by atoms with Gasteiger partial charge in [0, 0.05) is 29.4 Å². The molecule has 0 N–H and O–H groups in total. The molecule has 0 bridgehead atoms. The van der Waals surface area contributed by atoms with Gasteiger partial charge in [0.15, 0.2) is 0 Å². The maximum Gasteiger partial charge on any atom is 0.233 e. The highest BCUT2D eigenvalue weighted by Gasteiger charge is 2.23. The van der Waals surface area contributed by atoms with Crippen molar-refractivity contribution in [2.45, 2.75) is 44.8 Å². The number of aromatic nitrogens is 1. The molecule has 1 amide bonds. The number of carbonyl (C=O) groups excluding carboxylic acids is 1. The fraction of sp³-hybridized carbons (Fsp3) is 0.320. The zero-order valence-electron chi connectivity index (χ0n) is 17.5. The van der Waals surface area contributed by atoms with Crippen molar-refractivity contribution in [1.29, 1.82) is 0 Å². The number of hydrogen-bond donors (Lipinski definition) is 0. The molecule has 0 aliphatic heterocycles. The van der Waals surface area contributed by atoms with E-state index in [0.717, 1.165) is 11.4 Å². The zero-order valence-corrected chi connectivity index (χ0v) is 18.3. The SMILES string of the molecule is CC(C)C(C)N(Cc1cccn1Cc1ccccc1)C(=O)CSc1ccccc1. The summed E-state index contributed by atoms with van der Waals surface area (Å²) in [6.45, 7) is 7.96. The van der Waals surface area contributed by atoms with Crippen molar-refractivity contribution in [3.05, 3.63) is 90.3 Å². The number of rotatable bonds is 9. The molecule has 3 aromatic rings. The Bertz CT molecular complexity index is 889. The van der Waals surface area contributed by atoms with E-state index in [2.05, 4.69) is 80.1 Å². The number of benzene rings is 2. The monoisotopic (exact) mass is 406 g/mol. The third kappa shape index (κ3) is 6.01. The largest absolute Gasteiger partial charge is 0.345 e. The van der Waals surface area contributed by atoms with Gasteiger partial charge in [-0.25, -0.2) is 0 Å². The van der Waals surface area contributed by atoms with E-state index in [0.29, 0.717) is 18.2 Å². The summed E-state index contributed by atoms with van der Waals surface area (Å²) in [5.41, 5.74) is 2.43. The topological polar surface area (TPSA) is 25.2 Å². The van der Waals surface area contributed by atoms with Crippen LogP contribution in [0.25, 0.3) is 0 Å². The fourth-order valence-electron chi connectivity index (χ4n) is 3.27. The summed E-state index contributed by atoms with van der Waals surface area (Å²) in [5, 5.41) is 0. The molecule has 29 heavy (non-hydrogen) atoms. The number of nitrogens with zero attached hydrogens (tertiary/aromatic N) is 2. The summed E-state index contributed by atoms with van der Waals surface area (Å²) in [4.78, 5) is 16.3. The lowest BCUT2D eigenvalue weighted by Gasteiger charge is -2.32. The van der Waals surface area contributed by atoms with E-state index < -0.39 is 0 Å². The van der Waals surface area contributed by atoms with E-state index in [1.54, 1.807) is 11.8 Å². The molecule has 1 unspecified atom stereocenters. The van der Waals surface area contributed by atoms with Crippen molar-refractivity contribution in [3.63, 3.8) is 0 Å². The van der Waals surface area contributed by atoms with Gasteiger partial charge in [0.2, 0.25) is 5.91 Å². The molecule has 1 heterocycles. The molecule has 0 saturated carbocycles. The maximum absolute atomic E-state index is 13.2. The van der Waals surface area contributed by atoms with Crippen LogP contribution in [0.15, 0.2) is 83.9 Å². The minimum Gasteiger partial charge on any atom is -0.345 e. The summed E-state index contributed by atoms with van der Waals surface area (Å²) < 4.78 is 2.24. The van der Waals surface area contributed by atoms with Gasteiger partial charge in [0.1, 0.15) is 0 Å². The van der Waals surface area contributed by atoms with Crippen molar-refractivity contribution >= 4 is 17.7 Å². The van der Waals surface area contributed by atoms with Gasteiger partial charge in [-0.05, 0) is 42.7 Å². The Kier molecular flexibility index (Phi) is 7.59. The van der Waals surface area contributed by atoms with Gasteiger partial charge in [-0.3, -0.25) is 4.79 Å². The van der Waals surface area contributed by atoms with Crippen LogP contribution in [-0.2, 0) is 17.9 Å². The standard InChI is InChI=1S/C25H30N2OS/c1-20(2)21(3)27(25(28)19-29-24-14-8-5-9-15-24)18-23-13-10-16-26(23)17-22-11-6-4-7-12-22/h4-16,20-21H,17-19H2,1-3H3. The molecule has 1 atom stereocenters. The maximum atomic E-state index is 13.2. The van der Waals surface area contributed by atoms with Gasteiger partial charge in [0.05, 0.1) is 12.3 Å². The van der Waals surface area contributed by atoms with Gasteiger partial charge in [0.25, 0.3) is 0 Å². The summed E-state index contributed by atoms with van der Waals surface area (Å²) in [6.07, 6.45) is 2.10. The van der Waals surface area contributed by atoms with Crippen molar-refractivity contribution < 1.29 is 4.79 Å². The molecular formula is C25H30N2OS. The Morgan fingerprint density at radius 3 is 2.24 bits per heavy atom. The van der Waals surface area contributed by atoms with Crippen LogP contribution >= 0.6 is 11.8 Å². The van der Waals surface area contributed by atoms with E-state index >= 15 is 0 Å². The summed E-state index contributed by atoms with van der Waals surface area (Å²) in [7, 11) is 0. The van der Waals surface area contributed by atoms with Crippen LogP contribution in [0.2, 0.25) is 0 Å². The third-order valence-electron chi connectivity index (χ3n) is 5.33. The second-order valence-electron chi connectivity index (χ2n) is 7.72. The van der Waals surface area contributed by atoms with Crippen molar-refractivity contribution in [1.82, 2.24) is 9.47 Å². The Morgan fingerprint density at radius 2 is 1.59 bits per heavy atom. The van der Waals surface area contributed by atoms with Crippen LogP contribution in [0.4, 0.5) is 0 Å². The number of thioether (sulfide) groups is 1. The molecule has 0 saturated heterocycles. The van der Waals surface area contributed by atoms with E-state index in [4.69, 9.17) is 0 Å². The molecule has 0 aliphatic rings. The Morgan fingerprint density at radius 1 is 0.931 bits per heavy atom. The van der Waals surface area contributed by atoms with Gasteiger partial charge < -0.3 is 9.47 Å². The Balaban J connectivity index is 1.72. The lowest BCUT2D eigenvalue weighted by Crippen LogP contribution is -2.42. The van der Waals surface area contributed by atoms with Crippen LogP contribution in [0.1, 0.15) is 32.0 Å². The summed E-state index contributed by atoms with van der Waals surface area (Å²) in [5.74, 6) is 1.05. The normalized spacial score (nSPS) is 12.1. The molecule has 0 radical (unpaired) electrons. The highest BCUT2D eigenvalue weighted by molar-refractivity contribution is 8.00. The predicted octanol–water partition coefficient (Wildman–Crippen LogP) is 5.70. The highest BCUT2D eigenvalue weighted by Crippen LogP contribution is 2.21. The van der Waals surface area contributed by atoms with Crippen LogP contribution in [0.3, 0.4) is 0 Å². The minimum atomic E-state index is 0.180. The zero-order chi connectivity index (χ0) is 20.6. The van der Waals surface area contributed by atoms with Crippen molar-refractivity contribution in [2.75, 3.05) is 5.75 Å². The minimum absolute atomic E-state index is 0.180. The first-order chi connectivity index (χ1) is 14.0. The first-order valence-electron chi connectivity index (χ1n) is 10.2. The smallest absolute Gasteiger partial charge is 0.233 e. The highest BCUT2D eigenvalue weighted by atomic mass is 32.2. The number of amides is 1. The predicted molar refractivity (Wildman–Crippen MR) is 122 cm³/mol. The van der Waals surface area contributed by atoms with Crippen LogP contribution in [0.5, 0.6) is 0 Å². The molecule has 0 spiro atoms. The molecule has 0 fully saturated rings. The molecule has 3 nitrogen and oxygen atoms in total. The van der Waals surface area contributed by atoms with E-state index in [-0.39, 0.29) is 11.9 Å². The molecule has 2 aromatic carbocycles. The van der Waals surface area contributed by atoms with Crippen LogP contribution < -0.4 is 0 Å². The first kappa shape index (κ1) is 21.3. The van der Waals surface area contributed by atoms with Crippen LogP contribution in [0, 0.1) is 5.92 Å². The number of hydrogen-bond acceptors (Lipinski definition) is 2. The lowest BCUT2D eigenvalue weighted by atomic mass is 10.0. The van der Waals surface area contributed by atoms with Crippen LogP contribution in [-0.4, -0.2) is 27.2 Å². The molecule has 152 valence electrons.